The van der Waals surface area contributed by atoms with E-state index in [1.54, 1.807) is 0 Å². The van der Waals surface area contributed by atoms with E-state index in [0.29, 0.717) is 11.8 Å². The van der Waals surface area contributed by atoms with Gasteiger partial charge in [0.05, 0.1) is 5.69 Å². The molecule has 1 unspecified atom stereocenters. The van der Waals surface area contributed by atoms with Gasteiger partial charge in [0, 0.05) is 25.1 Å². The minimum atomic E-state index is 0.283. The summed E-state index contributed by atoms with van der Waals surface area (Å²) in [6, 6.07) is 4.01. The summed E-state index contributed by atoms with van der Waals surface area (Å²) in [6.07, 6.45) is 3.90. The molecule has 2 aliphatic rings. The van der Waals surface area contributed by atoms with E-state index in [2.05, 4.69) is 28.2 Å². The Labute approximate surface area is 95.6 Å². The lowest BCUT2D eigenvalue weighted by atomic mass is 10.3. The van der Waals surface area contributed by atoms with Crippen LogP contribution in [0.5, 0.6) is 5.88 Å². The first kappa shape index (κ1) is 10.0. The van der Waals surface area contributed by atoms with Gasteiger partial charge in [0.25, 0.3) is 0 Å². The molecular formula is C12H17N3O. The molecule has 0 radical (unpaired) electrons. The Morgan fingerprint density at radius 1 is 1.25 bits per heavy atom. The van der Waals surface area contributed by atoms with Crippen molar-refractivity contribution in [3.8, 4) is 5.88 Å². The number of hydrogen-bond acceptors (Lipinski definition) is 4. The number of likely N-dealkylation sites (N-methyl/N-ethyl adjacent to an activating group) is 1. The molecule has 86 valence electrons. The van der Waals surface area contributed by atoms with E-state index in [9.17, 15) is 0 Å². The normalized spacial score (nSPS) is 25.9. The van der Waals surface area contributed by atoms with Crippen molar-refractivity contribution in [2.45, 2.75) is 31.3 Å². The van der Waals surface area contributed by atoms with Crippen LogP contribution in [0.4, 0.5) is 0 Å². The quantitative estimate of drug-likeness (QED) is 0.771. The Morgan fingerprint density at radius 2 is 2.12 bits per heavy atom. The van der Waals surface area contributed by atoms with Gasteiger partial charge in [0.2, 0.25) is 5.88 Å². The van der Waals surface area contributed by atoms with Crippen LogP contribution in [0.15, 0.2) is 12.1 Å². The number of ether oxygens (including phenoxy) is 1. The third-order valence-electron chi connectivity index (χ3n) is 3.29. The highest BCUT2D eigenvalue weighted by Crippen LogP contribution is 2.38. The van der Waals surface area contributed by atoms with E-state index in [1.165, 1.54) is 12.8 Å². The van der Waals surface area contributed by atoms with Crippen LogP contribution in [0.1, 0.15) is 30.9 Å². The molecule has 4 heteroatoms. The molecule has 0 spiro atoms. The van der Waals surface area contributed by atoms with Gasteiger partial charge in [0.1, 0.15) is 6.10 Å². The second kappa shape index (κ2) is 4.01. The standard InChI is InChI=1S/C12H17N3O/c1-15-7-6-10(8-15)16-12-5-4-11(13-14-12)9-2-3-9/h4-5,9-10H,2-3,6-8H2,1H3. The van der Waals surface area contributed by atoms with Crippen LogP contribution in [-0.2, 0) is 0 Å². The maximum absolute atomic E-state index is 5.79. The predicted octanol–water partition coefficient (Wildman–Crippen LogP) is 1.44. The van der Waals surface area contributed by atoms with Crippen LogP contribution in [-0.4, -0.2) is 41.3 Å². The average molecular weight is 219 g/mol. The second-order valence-corrected chi connectivity index (χ2v) is 4.86. The molecule has 16 heavy (non-hydrogen) atoms. The number of rotatable bonds is 3. The molecule has 0 aromatic carbocycles. The molecule has 1 aromatic heterocycles. The summed E-state index contributed by atoms with van der Waals surface area (Å²) in [6.45, 7) is 2.10. The molecule has 2 heterocycles. The fraction of sp³-hybridized carbons (Fsp3) is 0.667. The first-order valence-electron chi connectivity index (χ1n) is 6.00. The van der Waals surface area contributed by atoms with Gasteiger partial charge in [-0.25, -0.2) is 0 Å². The molecular weight excluding hydrogens is 202 g/mol. The fourth-order valence-electron chi connectivity index (χ4n) is 2.15. The summed E-state index contributed by atoms with van der Waals surface area (Å²) < 4.78 is 5.79. The molecule has 1 saturated heterocycles. The zero-order valence-electron chi connectivity index (χ0n) is 9.59. The Morgan fingerprint density at radius 3 is 2.69 bits per heavy atom. The molecule has 0 amide bonds. The van der Waals surface area contributed by atoms with Crippen molar-refractivity contribution >= 4 is 0 Å². The SMILES string of the molecule is CN1CCC(Oc2ccc(C3CC3)nn2)C1. The van der Waals surface area contributed by atoms with Crippen molar-refractivity contribution in [1.82, 2.24) is 15.1 Å². The molecule has 1 atom stereocenters. The van der Waals surface area contributed by atoms with E-state index in [0.717, 1.165) is 25.2 Å². The van der Waals surface area contributed by atoms with Gasteiger partial charge < -0.3 is 9.64 Å². The van der Waals surface area contributed by atoms with Gasteiger partial charge in [-0.1, -0.05) is 0 Å². The molecule has 1 saturated carbocycles. The Hall–Kier alpha value is -1.16. The predicted molar refractivity (Wildman–Crippen MR) is 60.5 cm³/mol. The first-order chi connectivity index (χ1) is 7.81. The largest absolute Gasteiger partial charge is 0.472 e. The Bertz CT molecular complexity index is 361. The van der Waals surface area contributed by atoms with E-state index in [4.69, 9.17) is 4.74 Å². The first-order valence-corrected chi connectivity index (χ1v) is 6.00. The zero-order valence-corrected chi connectivity index (χ0v) is 9.59. The van der Waals surface area contributed by atoms with Crippen molar-refractivity contribution in [2.75, 3.05) is 20.1 Å². The Balaban J connectivity index is 1.61. The topological polar surface area (TPSA) is 38.2 Å². The van der Waals surface area contributed by atoms with Gasteiger partial charge in [-0.05, 0) is 32.4 Å². The maximum atomic E-state index is 5.79. The summed E-state index contributed by atoms with van der Waals surface area (Å²) in [7, 11) is 2.12. The summed E-state index contributed by atoms with van der Waals surface area (Å²) >= 11 is 0. The lowest BCUT2D eigenvalue weighted by Crippen LogP contribution is -2.21. The lowest BCUT2D eigenvalue weighted by molar-refractivity contribution is 0.198. The highest BCUT2D eigenvalue weighted by atomic mass is 16.5. The summed E-state index contributed by atoms with van der Waals surface area (Å²) in [5.74, 6) is 1.34. The molecule has 4 nitrogen and oxygen atoms in total. The van der Waals surface area contributed by atoms with Crippen molar-refractivity contribution in [1.29, 1.82) is 0 Å². The molecule has 0 bridgehead atoms. The number of likely N-dealkylation sites (tertiary alicyclic amines) is 1. The average Bonchev–Trinajstić information content (AvgIpc) is 3.05. The van der Waals surface area contributed by atoms with Crippen LogP contribution < -0.4 is 4.74 Å². The summed E-state index contributed by atoms with van der Waals surface area (Å²) in [5.41, 5.74) is 1.12. The van der Waals surface area contributed by atoms with Gasteiger partial charge in [-0.15, -0.1) is 5.10 Å². The minimum Gasteiger partial charge on any atom is -0.472 e. The molecule has 1 aliphatic heterocycles. The lowest BCUT2D eigenvalue weighted by Gasteiger charge is -2.12. The van der Waals surface area contributed by atoms with Crippen molar-refractivity contribution in [2.24, 2.45) is 0 Å². The number of aromatic nitrogens is 2. The number of nitrogens with zero attached hydrogens (tertiary/aromatic N) is 3. The summed E-state index contributed by atoms with van der Waals surface area (Å²) in [4.78, 5) is 2.27. The minimum absolute atomic E-state index is 0.283. The number of hydrogen-bond donors (Lipinski definition) is 0. The smallest absolute Gasteiger partial charge is 0.233 e. The highest BCUT2D eigenvalue weighted by molar-refractivity contribution is 5.18. The highest BCUT2D eigenvalue weighted by Gasteiger charge is 2.26. The molecule has 1 aliphatic carbocycles. The van der Waals surface area contributed by atoms with Crippen LogP contribution in [0.25, 0.3) is 0 Å². The van der Waals surface area contributed by atoms with Crippen molar-refractivity contribution in [3.63, 3.8) is 0 Å². The zero-order chi connectivity index (χ0) is 11.0. The second-order valence-electron chi connectivity index (χ2n) is 4.86. The van der Waals surface area contributed by atoms with E-state index in [-0.39, 0.29) is 6.10 Å². The molecule has 3 rings (SSSR count). The fourth-order valence-corrected chi connectivity index (χ4v) is 2.15. The van der Waals surface area contributed by atoms with E-state index >= 15 is 0 Å². The Kier molecular flexibility index (Phi) is 2.52. The summed E-state index contributed by atoms with van der Waals surface area (Å²) in [5, 5.41) is 8.35. The van der Waals surface area contributed by atoms with Crippen LogP contribution >= 0.6 is 0 Å². The van der Waals surface area contributed by atoms with Gasteiger partial charge in [-0.3, -0.25) is 0 Å². The van der Waals surface area contributed by atoms with Crippen LogP contribution in [0.3, 0.4) is 0 Å². The van der Waals surface area contributed by atoms with Gasteiger partial charge in [0.15, 0.2) is 0 Å². The molecule has 1 aromatic rings. The van der Waals surface area contributed by atoms with Crippen LogP contribution in [0, 0.1) is 0 Å². The molecule has 2 fully saturated rings. The maximum Gasteiger partial charge on any atom is 0.233 e. The van der Waals surface area contributed by atoms with E-state index in [1.807, 2.05) is 6.07 Å². The monoisotopic (exact) mass is 219 g/mol. The van der Waals surface area contributed by atoms with Crippen LogP contribution in [0.2, 0.25) is 0 Å². The molecule has 0 N–H and O–H groups in total. The third kappa shape index (κ3) is 2.16. The van der Waals surface area contributed by atoms with Gasteiger partial charge >= 0.3 is 0 Å². The van der Waals surface area contributed by atoms with Crippen molar-refractivity contribution in [3.05, 3.63) is 17.8 Å². The van der Waals surface area contributed by atoms with E-state index < -0.39 is 0 Å². The third-order valence-corrected chi connectivity index (χ3v) is 3.29. The van der Waals surface area contributed by atoms with Gasteiger partial charge in [-0.2, -0.15) is 5.10 Å². The van der Waals surface area contributed by atoms with Crippen molar-refractivity contribution < 1.29 is 4.74 Å².